The molecule has 10 aliphatic rings. The zero-order valence-electron chi connectivity index (χ0n) is 73.9. The van der Waals surface area contributed by atoms with Gasteiger partial charge in [0.05, 0.1) is 11.0 Å². The third-order valence-corrected chi connectivity index (χ3v) is 32.7. The van der Waals surface area contributed by atoms with Crippen LogP contribution >= 0.6 is 0 Å². The van der Waals surface area contributed by atoms with Crippen LogP contribution in [0.15, 0.2) is 435 Å². The van der Waals surface area contributed by atoms with E-state index >= 15 is 0 Å². The largest absolute Gasteiger partial charge is 0.456 e. The average molecular weight is 1700 g/mol. The predicted molar refractivity (Wildman–Crippen MR) is 548 cm³/mol. The summed E-state index contributed by atoms with van der Waals surface area (Å²) in [5, 5.41) is 4.84. The summed E-state index contributed by atoms with van der Waals surface area (Å²) >= 11 is 0. The van der Waals surface area contributed by atoms with Gasteiger partial charge in [-0.2, -0.15) is 0 Å². The van der Waals surface area contributed by atoms with Gasteiger partial charge in [0, 0.05) is 72.2 Å². The van der Waals surface area contributed by atoms with Gasteiger partial charge in [-0.25, -0.2) is 0 Å². The number of nitrogens with zero attached hydrogens (tertiary/aromatic N) is 3. The summed E-state index contributed by atoms with van der Waals surface area (Å²) in [5.74, 6) is 6.49. The quantitative estimate of drug-likeness (QED) is 0.108. The molecule has 20 aromatic rings. The highest BCUT2D eigenvalue weighted by Gasteiger charge is 2.64. The van der Waals surface area contributed by atoms with Crippen molar-refractivity contribution in [1.82, 2.24) is 4.57 Å². The summed E-state index contributed by atoms with van der Waals surface area (Å²) in [4.78, 5) is 4.78. The number of para-hydroxylation sites is 3. The lowest BCUT2D eigenvalue weighted by molar-refractivity contribution is -0.0397. The standard InChI is InChI=1S/C64H50N2.C64H49NO/c1-2-13-44(14-3-1)45-25-29-49(30-26-45)65(51-33-35-52(36-34-51)66-61-23-10-7-18-56(61)57-19-8-11-24-62(57)66)50-31-27-46(28-32-50)53-15-4-5-16-54(53)58-20-12-21-59-55-17-6-9-22-60(55)64(63(58)59)47-38-42-37-43(40-47)41-48(64)39-42;1-2-11-43(12-3-1)44-21-28-50(29-22-44)65(51-30-23-45(24-31-51)47-27-34-57-56-16-7-9-20-61(56)66-62(57)40-47)52-32-25-46(26-33-52)53-13-4-5-14-54(53)58-17-10-18-59-55-15-6-8-19-60(55)64(63(58)59)48-36-41-35-42(38-48)39-49(64)37-41/h1-36,42-43,47-48H,37-41H2;1-34,40-42,48-49H,35-39H2. The van der Waals surface area contributed by atoms with Crippen LogP contribution in [-0.2, 0) is 10.8 Å². The molecule has 4 heteroatoms. The highest BCUT2D eigenvalue weighted by atomic mass is 16.3. The lowest BCUT2D eigenvalue weighted by Gasteiger charge is -2.61. The van der Waals surface area contributed by atoms with Crippen LogP contribution in [0.25, 0.3) is 150 Å². The SMILES string of the molecule is c1ccc(-c2ccc(N(c3ccc(-c4ccc5c(c4)oc4ccccc45)cc3)c3ccc(-c4ccccc4-c4cccc5c4C4(c6ccccc6-5)C5CC6CC(C5)CC4C6)cc3)cc2)cc1.c1ccc(-c2ccc(N(c3ccc(-c4ccccc4-c4cccc5c4C4(c6ccccc6-5)C5CC6CC(C5)CC4C6)cc3)c3ccc(-n4c5ccccc5c5ccccc54)cc3)cc2)cc1. The maximum absolute atomic E-state index is 6.28. The summed E-state index contributed by atoms with van der Waals surface area (Å²) in [5.41, 5.74) is 42.4. The summed E-state index contributed by atoms with van der Waals surface area (Å²) in [6.07, 6.45) is 14.0. The first kappa shape index (κ1) is 77.1. The Morgan fingerprint density at radius 3 is 0.902 bits per heavy atom. The summed E-state index contributed by atoms with van der Waals surface area (Å²) in [6, 6.07) is 160. The second-order valence-electron chi connectivity index (χ2n) is 39.3. The Morgan fingerprint density at radius 2 is 0.492 bits per heavy atom. The van der Waals surface area contributed by atoms with E-state index in [1.807, 2.05) is 12.1 Å². The minimum atomic E-state index is 0.0964. The Hall–Kier alpha value is -14.8. The molecule has 8 bridgehead atoms. The maximum atomic E-state index is 6.28. The van der Waals surface area contributed by atoms with E-state index in [1.54, 1.807) is 22.3 Å². The normalized spacial score (nSPS) is 21.1. The molecule has 8 fully saturated rings. The highest BCUT2D eigenvalue weighted by molar-refractivity contribution is 6.10. The van der Waals surface area contributed by atoms with E-state index in [9.17, 15) is 0 Å². The molecule has 0 N–H and O–H groups in total. The van der Waals surface area contributed by atoms with Crippen LogP contribution in [0, 0.1) is 47.3 Å². The molecule has 4 nitrogen and oxygen atoms in total. The summed E-state index contributed by atoms with van der Waals surface area (Å²) in [6.45, 7) is 0. The fourth-order valence-electron chi connectivity index (χ4n) is 27.8. The first-order valence-electron chi connectivity index (χ1n) is 48.3. The van der Waals surface area contributed by atoms with Crippen molar-refractivity contribution in [3.05, 3.63) is 453 Å². The van der Waals surface area contributed by atoms with Gasteiger partial charge < -0.3 is 18.8 Å². The lowest BCUT2D eigenvalue weighted by Crippen LogP contribution is -2.55. The fraction of sp³-hybridized carbons (Fsp3) is 0.156. The van der Waals surface area contributed by atoms with E-state index in [4.69, 9.17) is 4.42 Å². The minimum absolute atomic E-state index is 0.0964. The van der Waals surface area contributed by atoms with Crippen molar-refractivity contribution in [2.45, 2.75) is 75.0 Å². The van der Waals surface area contributed by atoms with Gasteiger partial charge in [-0.15, -0.1) is 0 Å². The molecule has 0 amide bonds. The first-order chi connectivity index (χ1) is 65.4. The number of furan rings is 1. The Morgan fingerprint density at radius 1 is 0.205 bits per heavy atom. The molecule has 0 unspecified atom stereocenters. The van der Waals surface area contributed by atoms with E-state index in [2.05, 4.69) is 433 Å². The van der Waals surface area contributed by atoms with Crippen LogP contribution in [-0.4, -0.2) is 4.57 Å². The monoisotopic (exact) mass is 1690 g/mol. The molecular formula is C128H99N3O. The molecular weight excluding hydrogens is 1600 g/mol. The minimum Gasteiger partial charge on any atom is -0.456 e. The van der Waals surface area contributed by atoms with Crippen LogP contribution in [0.3, 0.4) is 0 Å². The number of hydrogen-bond acceptors (Lipinski definition) is 3. The number of hydrogen-bond donors (Lipinski definition) is 0. The zero-order chi connectivity index (χ0) is 86.7. The van der Waals surface area contributed by atoms with Gasteiger partial charge in [-0.3, -0.25) is 0 Å². The van der Waals surface area contributed by atoms with Crippen molar-refractivity contribution in [3.8, 4) is 106 Å². The average Bonchev–Trinajstić information content (AvgIpc) is 1.52. The van der Waals surface area contributed by atoms with Gasteiger partial charge in [0.25, 0.3) is 0 Å². The third-order valence-electron chi connectivity index (χ3n) is 32.7. The Bertz CT molecular complexity index is 7760. The first-order valence-corrected chi connectivity index (χ1v) is 48.3. The van der Waals surface area contributed by atoms with Crippen LogP contribution in [0.4, 0.5) is 34.1 Å². The number of anilines is 6. The molecule has 0 radical (unpaired) electrons. The van der Waals surface area contributed by atoms with Crippen LogP contribution in [0.1, 0.15) is 86.5 Å². The van der Waals surface area contributed by atoms with Crippen molar-refractivity contribution in [3.63, 3.8) is 0 Å². The zero-order valence-corrected chi connectivity index (χ0v) is 73.9. The second-order valence-corrected chi connectivity index (χ2v) is 39.3. The topological polar surface area (TPSA) is 24.6 Å². The van der Waals surface area contributed by atoms with E-state index < -0.39 is 0 Å². The van der Waals surface area contributed by atoms with Gasteiger partial charge in [0.15, 0.2) is 0 Å². The number of rotatable bonds is 14. The lowest BCUT2D eigenvalue weighted by atomic mass is 9.42. The molecule has 632 valence electrons. The number of benzene rings is 18. The molecule has 30 rings (SSSR count). The summed E-state index contributed by atoms with van der Waals surface area (Å²) < 4.78 is 8.67. The maximum Gasteiger partial charge on any atom is 0.136 e. The molecule has 2 spiro atoms. The second kappa shape index (κ2) is 30.9. The molecule has 0 atom stereocenters. The van der Waals surface area contributed by atoms with Crippen molar-refractivity contribution in [2.24, 2.45) is 47.3 Å². The van der Waals surface area contributed by atoms with Crippen LogP contribution < -0.4 is 9.80 Å². The van der Waals surface area contributed by atoms with Crippen molar-refractivity contribution in [2.75, 3.05) is 9.80 Å². The predicted octanol–water partition coefficient (Wildman–Crippen LogP) is 34.4. The van der Waals surface area contributed by atoms with Crippen LogP contribution in [0.2, 0.25) is 0 Å². The molecule has 2 aromatic heterocycles. The molecule has 2 heterocycles. The van der Waals surface area contributed by atoms with Gasteiger partial charge >= 0.3 is 0 Å². The molecule has 0 aliphatic heterocycles. The number of aromatic nitrogens is 1. The fourth-order valence-corrected chi connectivity index (χ4v) is 27.8. The Balaban J connectivity index is 0.000000135. The van der Waals surface area contributed by atoms with Crippen molar-refractivity contribution in [1.29, 1.82) is 0 Å². The number of fused-ring (bicyclic) bond motifs is 12. The van der Waals surface area contributed by atoms with E-state index in [1.165, 1.54) is 175 Å². The van der Waals surface area contributed by atoms with Gasteiger partial charge in [0.2, 0.25) is 0 Å². The Kier molecular flexibility index (Phi) is 18.1. The van der Waals surface area contributed by atoms with Gasteiger partial charge in [-0.05, 0) is 349 Å². The molecule has 18 aromatic carbocycles. The third kappa shape index (κ3) is 12.2. The molecule has 10 aliphatic carbocycles. The van der Waals surface area contributed by atoms with E-state index in [-0.39, 0.29) is 10.8 Å². The highest BCUT2D eigenvalue weighted by Crippen LogP contribution is 2.73. The Labute approximate surface area is 772 Å². The van der Waals surface area contributed by atoms with Crippen LogP contribution in [0.5, 0.6) is 0 Å². The van der Waals surface area contributed by atoms with E-state index in [0.29, 0.717) is 23.7 Å². The summed E-state index contributed by atoms with van der Waals surface area (Å²) in [7, 11) is 0. The van der Waals surface area contributed by atoms with Crippen molar-refractivity contribution < 1.29 is 4.42 Å². The molecule has 8 saturated carbocycles. The molecule has 132 heavy (non-hydrogen) atoms. The molecule has 0 saturated heterocycles. The van der Waals surface area contributed by atoms with E-state index in [0.717, 1.165) is 96.5 Å². The van der Waals surface area contributed by atoms with Gasteiger partial charge in [0.1, 0.15) is 11.2 Å². The van der Waals surface area contributed by atoms with Crippen molar-refractivity contribution >= 4 is 77.9 Å². The van der Waals surface area contributed by atoms with Gasteiger partial charge in [-0.1, -0.05) is 315 Å². The smallest absolute Gasteiger partial charge is 0.136 e.